The van der Waals surface area contributed by atoms with Crippen molar-refractivity contribution in [3.8, 4) is 22.8 Å². The maximum absolute atomic E-state index is 5.13. The van der Waals surface area contributed by atoms with Crippen LogP contribution in [0.2, 0.25) is 0 Å². The summed E-state index contributed by atoms with van der Waals surface area (Å²) in [4.78, 5) is 20.0. The Bertz CT molecular complexity index is 2320. The molecule has 238 valence electrons. The summed E-state index contributed by atoms with van der Waals surface area (Å²) in [5.74, 6) is 2.31. The first kappa shape index (κ1) is 28.7. The van der Waals surface area contributed by atoms with Gasteiger partial charge in [0, 0.05) is 34.0 Å². The van der Waals surface area contributed by atoms with Gasteiger partial charge in [0.25, 0.3) is 0 Å². The van der Waals surface area contributed by atoms with E-state index in [1.54, 1.807) is 0 Å². The number of allylic oxidation sites excluding steroid dienone is 4. The second-order valence-electron chi connectivity index (χ2n) is 13.2. The SMILES string of the molecule is C1=C[C@H]2c3ccccc3N(c3ccccc3)C2C=C1C1=CC[C@H]2C(=C1)c1ccccc1N2c1nc(-c2ccccc2)nc(-c2ccccc2)n1. The van der Waals surface area contributed by atoms with Crippen LogP contribution in [0.25, 0.3) is 28.3 Å². The molecule has 3 heterocycles. The number of anilines is 4. The molecular formula is C45H33N5. The van der Waals surface area contributed by atoms with Gasteiger partial charge in [0.05, 0.1) is 17.8 Å². The van der Waals surface area contributed by atoms with Crippen LogP contribution in [0.5, 0.6) is 0 Å². The number of rotatable bonds is 5. The molecule has 4 aliphatic rings. The van der Waals surface area contributed by atoms with E-state index in [0.29, 0.717) is 23.5 Å². The van der Waals surface area contributed by atoms with Gasteiger partial charge in [-0.1, -0.05) is 140 Å². The fourth-order valence-corrected chi connectivity index (χ4v) is 8.07. The van der Waals surface area contributed by atoms with Crippen molar-refractivity contribution in [1.29, 1.82) is 0 Å². The lowest BCUT2D eigenvalue weighted by Gasteiger charge is -2.31. The zero-order chi connectivity index (χ0) is 33.0. The summed E-state index contributed by atoms with van der Waals surface area (Å²) in [6.07, 6.45) is 12.8. The average Bonchev–Trinajstić information content (AvgIpc) is 3.71. The molecule has 5 nitrogen and oxygen atoms in total. The highest BCUT2D eigenvalue weighted by Crippen LogP contribution is 2.51. The van der Waals surface area contributed by atoms with Gasteiger partial charge in [0.2, 0.25) is 5.95 Å². The number of hydrogen-bond donors (Lipinski definition) is 0. The largest absolute Gasteiger partial charge is 0.333 e. The van der Waals surface area contributed by atoms with Gasteiger partial charge in [-0.3, -0.25) is 0 Å². The van der Waals surface area contributed by atoms with E-state index in [4.69, 9.17) is 15.0 Å². The summed E-state index contributed by atoms with van der Waals surface area (Å²) in [5.41, 5.74) is 12.0. The third-order valence-corrected chi connectivity index (χ3v) is 10.3. The van der Waals surface area contributed by atoms with Gasteiger partial charge < -0.3 is 9.80 Å². The van der Waals surface area contributed by atoms with Crippen molar-refractivity contribution in [3.05, 3.63) is 192 Å². The van der Waals surface area contributed by atoms with E-state index in [1.165, 1.54) is 39.2 Å². The van der Waals surface area contributed by atoms with E-state index in [-0.39, 0.29) is 12.1 Å². The number of aromatic nitrogens is 3. The quantitative estimate of drug-likeness (QED) is 0.187. The highest BCUT2D eigenvalue weighted by atomic mass is 15.3. The molecule has 10 rings (SSSR count). The average molecular weight is 644 g/mol. The minimum atomic E-state index is 0.0725. The Kier molecular flexibility index (Phi) is 6.69. The fraction of sp³-hybridized carbons (Fsp3) is 0.0889. The molecule has 5 heteroatoms. The Labute approximate surface area is 291 Å². The highest BCUT2D eigenvalue weighted by Gasteiger charge is 2.40. The Balaban J connectivity index is 1.05. The Morgan fingerprint density at radius 2 is 1.18 bits per heavy atom. The van der Waals surface area contributed by atoms with Crippen LogP contribution in [0.4, 0.5) is 23.0 Å². The van der Waals surface area contributed by atoms with Crippen molar-refractivity contribution in [2.24, 2.45) is 0 Å². The lowest BCUT2D eigenvalue weighted by atomic mass is 9.83. The van der Waals surface area contributed by atoms with Crippen LogP contribution in [0.1, 0.15) is 23.5 Å². The summed E-state index contributed by atoms with van der Waals surface area (Å²) in [6, 6.07) is 49.0. The minimum absolute atomic E-state index is 0.0725. The van der Waals surface area contributed by atoms with E-state index >= 15 is 0 Å². The standard InChI is InChI=1S/C45H33N5/c1-4-14-30(15-5-1)43-46-44(31-16-6-2-7-17-31)48-45(47-43)50-40-23-13-11-21-36(40)38-28-32(25-27-41(38)50)33-24-26-37-35-20-10-12-22-39(35)49(42(37)29-33)34-18-8-3-9-19-34/h1-26,28-29,37,41-42H,27H2/t37-,41-,42?/m0/s1. The van der Waals surface area contributed by atoms with E-state index < -0.39 is 0 Å². The molecule has 0 amide bonds. The molecule has 3 atom stereocenters. The summed E-state index contributed by atoms with van der Waals surface area (Å²) >= 11 is 0. The van der Waals surface area contributed by atoms with E-state index in [9.17, 15) is 0 Å². The van der Waals surface area contributed by atoms with Crippen LogP contribution in [0, 0.1) is 0 Å². The summed E-state index contributed by atoms with van der Waals surface area (Å²) < 4.78 is 0. The highest BCUT2D eigenvalue weighted by molar-refractivity contribution is 5.93. The molecule has 0 spiro atoms. The first-order chi connectivity index (χ1) is 24.8. The van der Waals surface area contributed by atoms with Gasteiger partial charge in [0.1, 0.15) is 0 Å². The molecule has 0 bridgehead atoms. The fourth-order valence-electron chi connectivity index (χ4n) is 8.07. The first-order valence-electron chi connectivity index (χ1n) is 17.3. The lowest BCUT2D eigenvalue weighted by Crippen LogP contribution is -2.30. The Morgan fingerprint density at radius 1 is 0.560 bits per heavy atom. The molecule has 0 saturated carbocycles. The van der Waals surface area contributed by atoms with Crippen molar-refractivity contribution >= 4 is 28.6 Å². The molecule has 5 aromatic carbocycles. The third kappa shape index (κ3) is 4.66. The maximum atomic E-state index is 5.13. The minimum Gasteiger partial charge on any atom is -0.333 e. The molecule has 1 unspecified atom stereocenters. The summed E-state index contributed by atoms with van der Waals surface area (Å²) in [7, 11) is 0. The molecule has 0 saturated heterocycles. The molecule has 1 aromatic heterocycles. The lowest BCUT2D eigenvalue weighted by molar-refractivity contribution is 0.738. The van der Waals surface area contributed by atoms with Crippen molar-refractivity contribution in [2.45, 2.75) is 24.4 Å². The summed E-state index contributed by atoms with van der Waals surface area (Å²) in [6.45, 7) is 0. The second kappa shape index (κ2) is 11.7. The van der Waals surface area contributed by atoms with E-state index in [0.717, 1.165) is 23.2 Å². The number of para-hydroxylation sites is 3. The smallest absolute Gasteiger partial charge is 0.234 e. The predicted molar refractivity (Wildman–Crippen MR) is 203 cm³/mol. The van der Waals surface area contributed by atoms with E-state index in [1.807, 2.05) is 36.4 Å². The van der Waals surface area contributed by atoms with Gasteiger partial charge >= 0.3 is 0 Å². The molecule has 6 aromatic rings. The van der Waals surface area contributed by atoms with E-state index in [2.05, 4.69) is 143 Å². The van der Waals surface area contributed by atoms with Crippen molar-refractivity contribution < 1.29 is 0 Å². The zero-order valence-corrected chi connectivity index (χ0v) is 27.3. The molecule has 0 fully saturated rings. The van der Waals surface area contributed by atoms with Crippen molar-refractivity contribution in [3.63, 3.8) is 0 Å². The van der Waals surface area contributed by atoms with Gasteiger partial charge in [-0.2, -0.15) is 9.97 Å². The van der Waals surface area contributed by atoms with Crippen LogP contribution in [0.15, 0.2) is 181 Å². The third-order valence-electron chi connectivity index (χ3n) is 10.3. The van der Waals surface area contributed by atoms with Crippen LogP contribution in [-0.2, 0) is 0 Å². The molecule has 0 N–H and O–H groups in total. The van der Waals surface area contributed by atoms with Gasteiger partial charge in [-0.15, -0.1) is 0 Å². The van der Waals surface area contributed by atoms with Gasteiger partial charge in [0.15, 0.2) is 11.6 Å². The van der Waals surface area contributed by atoms with Crippen molar-refractivity contribution in [1.82, 2.24) is 15.0 Å². The predicted octanol–water partition coefficient (Wildman–Crippen LogP) is 10.2. The number of benzene rings is 5. The maximum Gasteiger partial charge on any atom is 0.234 e. The Morgan fingerprint density at radius 3 is 1.90 bits per heavy atom. The van der Waals surface area contributed by atoms with Crippen LogP contribution >= 0.6 is 0 Å². The van der Waals surface area contributed by atoms with Crippen LogP contribution < -0.4 is 9.80 Å². The van der Waals surface area contributed by atoms with Gasteiger partial charge in [-0.05, 0) is 59.0 Å². The molecule has 50 heavy (non-hydrogen) atoms. The van der Waals surface area contributed by atoms with Crippen LogP contribution in [-0.4, -0.2) is 27.0 Å². The number of fused-ring (bicyclic) bond motifs is 6. The zero-order valence-electron chi connectivity index (χ0n) is 27.3. The van der Waals surface area contributed by atoms with Gasteiger partial charge in [-0.25, -0.2) is 4.98 Å². The molecule has 0 radical (unpaired) electrons. The summed E-state index contributed by atoms with van der Waals surface area (Å²) in [5, 5.41) is 0. The van der Waals surface area contributed by atoms with Crippen LogP contribution in [0.3, 0.4) is 0 Å². The number of hydrogen-bond acceptors (Lipinski definition) is 5. The van der Waals surface area contributed by atoms with Crippen molar-refractivity contribution in [2.75, 3.05) is 9.80 Å². The Hall–Kier alpha value is -6.33. The molecule has 2 aliphatic carbocycles. The normalized spacial score (nSPS) is 19.9. The number of nitrogens with zero attached hydrogens (tertiary/aromatic N) is 5. The molecular weight excluding hydrogens is 611 g/mol. The second-order valence-corrected chi connectivity index (χ2v) is 13.2. The first-order valence-corrected chi connectivity index (χ1v) is 17.3. The monoisotopic (exact) mass is 643 g/mol. The molecule has 2 aliphatic heterocycles. The topological polar surface area (TPSA) is 45.2 Å².